The number of hydrogen-bond acceptors (Lipinski definition) is 6. The lowest BCUT2D eigenvalue weighted by atomic mass is 10.1. The molecule has 0 aliphatic heterocycles. The molecular weight excluding hydrogens is 354 g/mol. The summed E-state index contributed by atoms with van der Waals surface area (Å²) in [5.74, 6) is 2.84. The minimum absolute atomic E-state index is 0.315. The number of para-hydroxylation sites is 1. The molecular formula is C22H21N3O3. The smallest absolute Gasteiger partial charge is 0.293 e. The third kappa shape index (κ3) is 3.36. The number of hydrogen-bond donors (Lipinski definition) is 1. The van der Waals surface area contributed by atoms with Crippen LogP contribution in [-0.2, 0) is 6.61 Å². The second-order valence-electron chi connectivity index (χ2n) is 6.72. The molecule has 2 N–H and O–H groups in total. The summed E-state index contributed by atoms with van der Waals surface area (Å²) >= 11 is 0. The molecule has 0 aliphatic carbocycles. The van der Waals surface area contributed by atoms with E-state index in [1.807, 2.05) is 63.2 Å². The molecule has 0 saturated carbocycles. The van der Waals surface area contributed by atoms with Gasteiger partial charge in [-0.3, -0.25) is 0 Å². The van der Waals surface area contributed by atoms with Crippen LogP contribution in [0.2, 0.25) is 0 Å². The van der Waals surface area contributed by atoms with Gasteiger partial charge in [-0.2, -0.15) is 4.98 Å². The van der Waals surface area contributed by atoms with Crippen LogP contribution >= 0.6 is 0 Å². The third-order valence-corrected chi connectivity index (χ3v) is 4.68. The highest BCUT2D eigenvalue weighted by atomic mass is 16.5. The molecule has 6 nitrogen and oxygen atoms in total. The Hall–Kier alpha value is -3.54. The van der Waals surface area contributed by atoms with Crippen molar-refractivity contribution < 1.29 is 13.7 Å². The molecule has 6 heteroatoms. The lowest BCUT2D eigenvalue weighted by Gasteiger charge is -2.10. The number of benzene rings is 2. The molecule has 2 aromatic carbocycles. The highest BCUT2D eigenvalue weighted by molar-refractivity contribution is 5.68. The van der Waals surface area contributed by atoms with E-state index in [2.05, 4.69) is 10.1 Å². The van der Waals surface area contributed by atoms with E-state index < -0.39 is 0 Å². The predicted octanol–water partition coefficient (Wildman–Crippen LogP) is 5.08. The largest absolute Gasteiger partial charge is 0.485 e. The molecule has 142 valence electrons. The maximum absolute atomic E-state index is 5.96. The van der Waals surface area contributed by atoms with E-state index in [1.54, 1.807) is 6.07 Å². The second kappa shape index (κ2) is 7.23. The van der Waals surface area contributed by atoms with Crippen molar-refractivity contribution in [1.29, 1.82) is 0 Å². The molecule has 0 atom stereocenters. The van der Waals surface area contributed by atoms with E-state index in [-0.39, 0.29) is 0 Å². The average Bonchev–Trinajstić information content (AvgIpc) is 3.33. The topological polar surface area (TPSA) is 87.3 Å². The summed E-state index contributed by atoms with van der Waals surface area (Å²) in [5.41, 5.74) is 10.6. The van der Waals surface area contributed by atoms with Crippen molar-refractivity contribution in [3.8, 4) is 28.8 Å². The van der Waals surface area contributed by atoms with Crippen LogP contribution in [0.3, 0.4) is 0 Å². The van der Waals surface area contributed by atoms with Gasteiger partial charge < -0.3 is 19.4 Å². The highest BCUT2D eigenvalue weighted by Crippen LogP contribution is 2.29. The van der Waals surface area contributed by atoms with E-state index in [4.69, 9.17) is 19.4 Å². The fraction of sp³-hybridized carbons (Fsp3) is 0.182. The van der Waals surface area contributed by atoms with Gasteiger partial charge in [0, 0.05) is 11.3 Å². The van der Waals surface area contributed by atoms with E-state index in [0.717, 1.165) is 28.0 Å². The molecule has 2 aromatic heterocycles. The van der Waals surface area contributed by atoms with Crippen LogP contribution in [-0.4, -0.2) is 10.1 Å². The van der Waals surface area contributed by atoms with Crippen molar-refractivity contribution in [3.05, 3.63) is 71.0 Å². The molecule has 0 spiro atoms. The Morgan fingerprint density at radius 2 is 1.71 bits per heavy atom. The number of rotatable bonds is 5. The summed E-state index contributed by atoms with van der Waals surface area (Å²) in [6.07, 6.45) is 0. The van der Waals surface area contributed by atoms with E-state index in [9.17, 15) is 0 Å². The summed E-state index contributed by atoms with van der Waals surface area (Å²) in [6.45, 7) is 6.29. The number of furan rings is 1. The van der Waals surface area contributed by atoms with Crippen LogP contribution in [0, 0.1) is 20.8 Å². The quantitative estimate of drug-likeness (QED) is 0.489. The summed E-state index contributed by atoms with van der Waals surface area (Å²) in [6, 6.07) is 15.3. The average molecular weight is 375 g/mol. The lowest BCUT2D eigenvalue weighted by Crippen LogP contribution is -1.97. The number of nitrogens with two attached hydrogens (primary N) is 1. The Bertz CT molecular complexity index is 1110. The summed E-state index contributed by atoms with van der Waals surface area (Å²) in [4.78, 5) is 4.44. The van der Waals surface area contributed by atoms with Gasteiger partial charge in [-0.15, -0.1) is 0 Å². The molecule has 4 aromatic rings. The van der Waals surface area contributed by atoms with Crippen LogP contribution in [0.4, 0.5) is 5.69 Å². The van der Waals surface area contributed by atoms with Crippen molar-refractivity contribution in [2.75, 3.05) is 5.73 Å². The first-order chi connectivity index (χ1) is 13.5. The molecule has 0 amide bonds. The SMILES string of the molecule is Cc1cccc(C)c1OCc1ccc(-c2nc(-c3cccc(N)c3C)no2)o1. The Morgan fingerprint density at radius 3 is 2.50 bits per heavy atom. The molecule has 28 heavy (non-hydrogen) atoms. The van der Waals surface area contributed by atoms with Crippen molar-refractivity contribution in [2.24, 2.45) is 0 Å². The van der Waals surface area contributed by atoms with Crippen molar-refractivity contribution in [3.63, 3.8) is 0 Å². The van der Waals surface area contributed by atoms with Gasteiger partial charge in [0.15, 0.2) is 5.76 Å². The van der Waals surface area contributed by atoms with Crippen LogP contribution < -0.4 is 10.5 Å². The van der Waals surface area contributed by atoms with Crippen molar-refractivity contribution in [2.45, 2.75) is 27.4 Å². The van der Waals surface area contributed by atoms with E-state index in [1.165, 1.54) is 0 Å². The molecule has 0 saturated heterocycles. The number of aromatic nitrogens is 2. The number of anilines is 1. The van der Waals surface area contributed by atoms with Gasteiger partial charge in [-0.25, -0.2) is 0 Å². The first-order valence-electron chi connectivity index (χ1n) is 9.00. The zero-order valence-electron chi connectivity index (χ0n) is 16.0. The van der Waals surface area contributed by atoms with Crippen LogP contribution in [0.25, 0.3) is 23.0 Å². The molecule has 0 aliphatic rings. The summed E-state index contributed by atoms with van der Waals surface area (Å²) < 4.78 is 17.1. The normalized spacial score (nSPS) is 11.0. The van der Waals surface area contributed by atoms with Gasteiger partial charge in [-0.05, 0) is 55.7 Å². The number of nitrogens with zero attached hydrogens (tertiary/aromatic N) is 2. The Morgan fingerprint density at radius 1 is 0.964 bits per heavy atom. The minimum Gasteiger partial charge on any atom is -0.485 e. The van der Waals surface area contributed by atoms with Crippen molar-refractivity contribution >= 4 is 5.69 Å². The van der Waals surface area contributed by atoms with Gasteiger partial charge in [0.2, 0.25) is 5.82 Å². The maximum Gasteiger partial charge on any atom is 0.293 e. The molecule has 0 unspecified atom stereocenters. The fourth-order valence-electron chi connectivity index (χ4n) is 3.07. The number of aryl methyl sites for hydroxylation is 2. The Balaban J connectivity index is 1.52. The van der Waals surface area contributed by atoms with Gasteiger partial charge >= 0.3 is 0 Å². The second-order valence-corrected chi connectivity index (χ2v) is 6.72. The van der Waals surface area contributed by atoms with E-state index in [0.29, 0.717) is 35.5 Å². The van der Waals surface area contributed by atoms with Gasteiger partial charge in [0.1, 0.15) is 18.1 Å². The first-order valence-corrected chi connectivity index (χ1v) is 9.00. The van der Waals surface area contributed by atoms with Gasteiger partial charge in [-0.1, -0.05) is 35.5 Å². The number of ether oxygens (including phenoxy) is 1. The van der Waals surface area contributed by atoms with E-state index >= 15 is 0 Å². The molecule has 0 radical (unpaired) electrons. The molecule has 4 rings (SSSR count). The first kappa shape index (κ1) is 17.9. The highest BCUT2D eigenvalue weighted by Gasteiger charge is 2.16. The van der Waals surface area contributed by atoms with Crippen LogP contribution in [0.1, 0.15) is 22.5 Å². The standard InChI is InChI=1S/C22H21N3O3/c1-13-6-4-7-14(2)20(13)26-12-16-10-11-19(27-16)22-24-21(25-28-22)17-8-5-9-18(23)15(17)3/h4-11H,12,23H2,1-3H3. The molecule has 2 heterocycles. The van der Waals surface area contributed by atoms with Crippen LogP contribution in [0.5, 0.6) is 5.75 Å². The zero-order chi connectivity index (χ0) is 19.7. The van der Waals surface area contributed by atoms with Gasteiger partial charge in [0.25, 0.3) is 5.89 Å². The lowest BCUT2D eigenvalue weighted by molar-refractivity contribution is 0.267. The number of nitrogen functional groups attached to an aromatic ring is 1. The minimum atomic E-state index is 0.315. The Kier molecular flexibility index (Phi) is 4.61. The predicted molar refractivity (Wildman–Crippen MR) is 107 cm³/mol. The third-order valence-electron chi connectivity index (χ3n) is 4.68. The Labute approximate surface area is 162 Å². The molecule has 0 bridgehead atoms. The monoisotopic (exact) mass is 375 g/mol. The maximum atomic E-state index is 5.96. The van der Waals surface area contributed by atoms with Gasteiger partial charge in [0.05, 0.1) is 0 Å². The van der Waals surface area contributed by atoms with Crippen molar-refractivity contribution in [1.82, 2.24) is 10.1 Å². The molecule has 0 fully saturated rings. The fourth-order valence-corrected chi connectivity index (χ4v) is 3.07. The summed E-state index contributed by atoms with van der Waals surface area (Å²) in [5, 5.41) is 4.06. The summed E-state index contributed by atoms with van der Waals surface area (Å²) in [7, 11) is 0. The van der Waals surface area contributed by atoms with Crippen LogP contribution in [0.15, 0.2) is 57.5 Å². The zero-order valence-corrected chi connectivity index (χ0v) is 16.0.